The minimum absolute atomic E-state index is 0.0106. The molecule has 7 nitrogen and oxygen atoms in total. The summed E-state index contributed by atoms with van der Waals surface area (Å²) in [5.74, 6) is 0. The monoisotopic (exact) mass is 385 g/mol. The molecular formula is C21H31N5O2. The number of hydrogen-bond donors (Lipinski definition) is 4. The first-order valence-electron chi connectivity index (χ1n) is 10.2. The van der Waals surface area contributed by atoms with E-state index in [9.17, 15) is 4.79 Å². The highest BCUT2D eigenvalue weighted by Gasteiger charge is 2.47. The normalized spacial score (nSPS) is 28.9. The highest BCUT2D eigenvalue weighted by atomic mass is 16.5. The van der Waals surface area contributed by atoms with E-state index in [1.807, 2.05) is 35.2 Å². The van der Waals surface area contributed by atoms with Gasteiger partial charge in [-0.05, 0) is 37.8 Å². The summed E-state index contributed by atoms with van der Waals surface area (Å²) in [6, 6.07) is 10.5. The molecule has 2 amide bonds. The first-order chi connectivity index (χ1) is 13.5. The van der Waals surface area contributed by atoms with Gasteiger partial charge in [-0.2, -0.15) is 0 Å². The van der Waals surface area contributed by atoms with E-state index < -0.39 is 0 Å². The van der Waals surface area contributed by atoms with Gasteiger partial charge in [-0.25, -0.2) is 4.79 Å². The molecule has 3 atom stereocenters. The van der Waals surface area contributed by atoms with E-state index in [0.29, 0.717) is 19.1 Å². The van der Waals surface area contributed by atoms with E-state index in [2.05, 4.69) is 41.3 Å². The summed E-state index contributed by atoms with van der Waals surface area (Å²) >= 11 is 0. The Morgan fingerprint density at radius 1 is 1.32 bits per heavy atom. The van der Waals surface area contributed by atoms with Crippen molar-refractivity contribution in [1.82, 2.24) is 26.2 Å². The number of carbonyl (C=O) groups excluding carboxylic acids is 1. The molecule has 152 valence electrons. The predicted octanol–water partition coefficient (Wildman–Crippen LogP) is 1.49. The van der Waals surface area contributed by atoms with Crippen molar-refractivity contribution in [3.05, 3.63) is 47.7 Å². The Morgan fingerprint density at radius 2 is 2.14 bits per heavy atom. The molecule has 4 N–H and O–H groups in total. The summed E-state index contributed by atoms with van der Waals surface area (Å²) in [5, 5.41) is 13.7. The Balaban J connectivity index is 1.36. The number of hydrogen-bond acceptors (Lipinski definition) is 5. The van der Waals surface area contributed by atoms with Crippen LogP contribution in [0.1, 0.15) is 32.3 Å². The second kappa shape index (κ2) is 8.11. The lowest BCUT2D eigenvalue weighted by atomic mass is 9.92. The van der Waals surface area contributed by atoms with Crippen LogP contribution in [0.25, 0.3) is 0 Å². The minimum atomic E-state index is -0.343. The van der Waals surface area contributed by atoms with E-state index in [1.165, 1.54) is 5.57 Å². The molecular weight excluding hydrogens is 354 g/mol. The second-order valence-corrected chi connectivity index (χ2v) is 8.31. The number of carbonyl (C=O) groups is 1. The van der Waals surface area contributed by atoms with Gasteiger partial charge >= 0.3 is 6.03 Å². The zero-order chi connectivity index (χ0) is 19.6. The van der Waals surface area contributed by atoms with Crippen molar-refractivity contribution < 1.29 is 9.53 Å². The van der Waals surface area contributed by atoms with E-state index in [0.717, 1.165) is 31.6 Å². The van der Waals surface area contributed by atoms with Crippen molar-refractivity contribution in [3.8, 4) is 0 Å². The van der Waals surface area contributed by atoms with Crippen LogP contribution >= 0.6 is 0 Å². The lowest BCUT2D eigenvalue weighted by Gasteiger charge is -2.36. The molecule has 0 aromatic heterocycles. The fourth-order valence-electron chi connectivity index (χ4n) is 4.34. The van der Waals surface area contributed by atoms with Gasteiger partial charge in [-0.15, -0.1) is 0 Å². The molecule has 0 aliphatic carbocycles. The second-order valence-electron chi connectivity index (χ2n) is 8.31. The van der Waals surface area contributed by atoms with E-state index in [4.69, 9.17) is 4.74 Å². The van der Waals surface area contributed by atoms with Crippen molar-refractivity contribution in [2.75, 3.05) is 19.8 Å². The number of urea groups is 1. The van der Waals surface area contributed by atoms with Crippen molar-refractivity contribution >= 4 is 6.03 Å². The van der Waals surface area contributed by atoms with Crippen LogP contribution in [0.2, 0.25) is 0 Å². The summed E-state index contributed by atoms with van der Waals surface area (Å²) in [5.41, 5.74) is 1.97. The van der Waals surface area contributed by atoms with Gasteiger partial charge in [0.2, 0.25) is 0 Å². The molecule has 0 saturated carbocycles. The standard InChI is InChI=1S/C21H31N5O2/c1-21(2)17-12-22-19(24-16-9-6-10-28-14-16)25-18(17)13-26(21)20(27)23-11-15-7-4-3-5-8-15/h3-5,7-8,12,16,18-19,22,24-25H,6,9-11,13-14H2,1-2H3,(H,23,27). The lowest BCUT2D eigenvalue weighted by molar-refractivity contribution is 0.0622. The smallest absolute Gasteiger partial charge is 0.318 e. The van der Waals surface area contributed by atoms with Crippen LogP contribution in [-0.4, -0.2) is 54.6 Å². The molecule has 1 aromatic rings. The number of amides is 2. The third-order valence-corrected chi connectivity index (χ3v) is 5.99. The van der Waals surface area contributed by atoms with Crippen LogP contribution in [0, 0.1) is 0 Å². The average molecular weight is 386 g/mol. The van der Waals surface area contributed by atoms with Crippen LogP contribution < -0.4 is 21.3 Å². The summed E-state index contributed by atoms with van der Waals surface area (Å²) in [6.07, 6.45) is 4.29. The summed E-state index contributed by atoms with van der Waals surface area (Å²) in [7, 11) is 0. The number of nitrogens with one attached hydrogen (secondary N) is 4. The SMILES string of the molecule is CC1(C)C2=CNC(NC3CCCOC3)NC2CN1C(=O)NCc1ccccc1. The van der Waals surface area contributed by atoms with Gasteiger partial charge in [0.1, 0.15) is 6.29 Å². The Morgan fingerprint density at radius 3 is 2.89 bits per heavy atom. The zero-order valence-electron chi connectivity index (χ0n) is 16.7. The van der Waals surface area contributed by atoms with Gasteiger partial charge in [-0.3, -0.25) is 10.6 Å². The number of benzene rings is 1. The molecule has 0 bridgehead atoms. The molecule has 4 rings (SSSR count). The molecule has 0 spiro atoms. The van der Waals surface area contributed by atoms with Crippen LogP contribution in [0.3, 0.4) is 0 Å². The zero-order valence-corrected chi connectivity index (χ0v) is 16.7. The van der Waals surface area contributed by atoms with Gasteiger partial charge < -0.3 is 20.3 Å². The maximum atomic E-state index is 12.9. The largest absolute Gasteiger partial charge is 0.380 e. The first kappa shape index (κ1) is 19.2. The maximum Gasteiger partial charge on any atom is 0.318 e. The molecule has 3 heterocycles. The lowest BCUT2D eigenvalue weighted by Crippen LogP contribution is -2.61. The topological polar surface area (TPSA) is 77.7 Å². The number of fused-ring (bicyclic) bond motifs is 1. The fourth-order valence-corrected chi connectivity index (χ4v) is 4.34. The molecule has 1 aromatic carbocycles. The van der Waals surface area contributed by atoms with Crippen molar-refractivity contribution in [2.45, 2.75) is 57.1 Å². The Bertz CT molecular complexity index is 715. The van der Waals surface area contributed by atoms with E-state index in [-0.39, 0.29) is 23.9 Å². The van der Waals surface area contributed by atoms with Crippen LogP contribution in [0.4, 0.5) is 4.79 Å². The van der Waals surface area contributed by atoms with Gasteiger partial charge in [-0.1, -0.05) is 30.3 Å². The minimum Gasteiger partial charge on any atom is -0.380 e. The Hall–Kier alpha value is -2.09. The highest BCUT2D eigenvalue weighted by molar-refractivity contribution is 5.77. The van der Waals surface area contributed by atoms with Crippen molar-refractivity contribution in [3.63, 3.8) is 0 Å². The third-order valence-electron chi connectivity index (χ3n) is 5.99. The number of likely N-dealkylation sites (tertiary alicyclic amines) is 1. The number of rotatable bonds is 4. The molecule has 2 saturated heterocycles. The fraction of sp³-hybridized carbons (Fsp3) is 0.571. The summed E-state index contributed by atoms with van der Waals surface area (Å²) < 4.78 is 5.56. The van der Waals surface area contributed by atoms with E-state index in [1.54, 1.807) is 0 Å². The molecule has 0 radical (unpaired) electrons. The van der Waals surface area contributed by atoms with Crippen molar-refractivity contribution in [2.24, 2.45) is 0 Å². The first-order valence-corrected chi connectivity index (χ1v) is 10.2. The molecule has 3 unspecified atom stereocenters. The quantitative estimate of drug-likeness (QED) is 0.632. The highest BCUT2D eigenvalue weighted by Crippen LogP contribution is 2.35. The molecule has 7 heteroatoms. The number of nitrogens with zero attached hydrogens (tertiary/aromatic N) is 1. The van der Waals surface area contributed by atoms with Gasteiger partial charge in [0.05, 0.1) is 18.2 Å². The van der Waals surface area contributed by atoms with Gasteiger partial charge in [0, 0.05) is 31.9 Å². The van der Waals surface area contributed by atoms with Crippen LogP contribution in [0.5, 0.6) is 0 Å². The Labute approximate surface area is 166 Å². The predicted molar refractivity (Wildman–Crippen MR) is 108 cm³/mol. The molecule has 28 heavy (non-hydrogen) atoms. The maximum absolute atomic E-state index is 12.9. The molecule has 3 aliphatic rings. The average Bonchev–Trinajstić information content (AvgIpc) is 2.98. The Kier molecular flexibility index (Phi) is 5.57. The van der Waals surface area contributed by atoms with Gasteiger partial charge in [0.25, 0.3) is 0 Å². The third kappa shape index (κ3) is 4.01. The number of ether oxygens (including phenoxy) is 1. The molecule has 3 aliphatic heterocycles. The van der Waals surface area contributed by atoms with Crippen LogP contribution in [-0.2, 0) is 11.3 Å². The summed E-state index contributed by atoms with van der Waals surface area (Å²) in [4.78, 5) is 14.8. The molecule has 2 fully saturated rings. The van der Waals surface area contributed by atoms with E-state index >= 15 is 0 Å². The van der Waals surface area contributed by atoms with Crippen LogP contribution in [0.15, 0.2) is 42.1 Å². The van der Waals surface area contributed by atoms with Gasteiger partial charge in [0.15, 0.2) is 0 Å². The summed E-state index contributed by atoms with van der Waals surface area (Å²) in [6.45, 7) is 7.01. The van der Waals surface area contributed by atoms with Crippen molar-refractivity contribution in [1.29, 1.82) is 0 Å².